The van der Waals surface area contributed by atoms with Gasteiger partial charge in [0.1, 0.15) is 0 Å². The van der Waals surface area contributed by atoms with Gasteiger partial charge in [0.05, 0.1) is 23.4 Å². The van der Waals surface area contributed by atoms with Gasteiger partial charge in [-0.05, 0) is 66.8 Å². The molecule has 0 radical (unpaired) electrons. The second kappa shape index (κ2) is 9.17. The van der Waals surface area contributed by atoms with Crippen LogP contribution in [0.5, 0.6) is 0 Å². The van der Waals surface area contributed by atoms with Crippen molar-refractivity contribution in [2.24, 2.45) is 0 Å². The molecule has 0 spiro atoms. The molecular weight excluding hydrogens is 476 g/mol. The number of amides is 1. The Balaban J connectivity index is 1.63. The first-order valence-electron chi connectivity index (χ1n) is 10.2. The molecule has 4 aromatic rings. The highest BCUT2D eigenvalue weighted by Gasteiger charge is 2.20. The van der Waals surface area contributed by atoms with Crippen molar-refractivity contribution in [2.45, 2.75) is 20.4 Å². The number of anilines is 2. The Hall–Kier alpha value is -2.87. The fraction of sp³-hybridized carbons (Fsp3) is 0.160. The van der Waals surface area contributed by atoms with E-state index in [4.69, 9.17) is 11.6 Å². The van der Waals surface area contributed by atoms with Gasteiger partial charge in [-0.2, -0.15) is 0 Å². The number of hydrogen-bond acceptors (Lipinski definition) is 4. The maximum atomic E-state index is 12.8. The highest BCUT2D eigenvalue weighted by molar-refractivity contribution is 7.92. The first-order valence-corrected chi connectivity index (χ1v) is 13.3. The molecule has 1 aromatic heterocycles. The number of sulfonamides is 1. The maximum absolute atomic E-state index is 12.8. The lowest BCUT2D eigenvalue weighted by Crippen LogP contribution is -2.29. The maximum Gasteiger partial charge on any atom is 0.265 e. The molecule has 4 rings (SSSR count). The van der Waals surface area contributed by atoms with Crippen molar-refractivity contribution < 1.29 is 13.2 Å². The molecule has 0 fully saturated rings. The van der Waals surface area contributed by atoms with Gasteiger partial charge in [0, 0.05) is 15.4 Å². The Bertz CT molecular complexity index is 1440. The number of carbonyl (C=O) groups is 1. The summed E-state index contributed by atoms with van der Waals surface area (Å²) in [6, 6.07) is 20.4. The lowest BCUT2D eigenvalue weighted by atomic mass is 10.1. The summed E-state index contributed by atoms with van der Waals surface area (Å²) < 4.78 is 27.4. The minimum absolute atomic E-state index is 0.232. The van der Waals surface area contributed by atoms with E-state index in [2.05, 4.69) is 5.32 Å². The zero-order valence-electron chi connectivity index (χ0n) is 18.4. The molecule has 0 aliphatic heterocycles. The average Bonchev–Trinajstić information content (AvgIpc) is 3.19. The molecule has 0 bridgehead atoms. The molecule has 33 heavy (non-hydrogen) atoms. The van der Waals surface area contributed by atoms with E-state index in [9.17, 15) is 13.2 Å². The molecule has 3 aromatic carbocycles. The number of hydrogen-bond donors (Lipinski definition) is 1. The molecule has 1 heterocycles. The van der Waals surface area contributed by atoms with E-state index in [1.807, 2.05) is 50.2 Å². The highest BCUT2D eigenvalue weighted by atomic mass is 35.5. The molecule has 170 valence electrons. The number of halogens is 1. The van der Waals surface area contributed by atoms with Crippen molar-refractivity contribution in [1.29, 1.82) is 0 Å². The van der Waals surface area contributed by atoms with Crippen LogP contribution in [0.4, 0.5) is 11.4 Å². The number of carbonyl (C=O) groups excluding carboxylic acids is 1. The molecule has 0 unspecified atom stereocenters. The summed E-state index contributed by atoms with van der Waals surface area (Å²) in [5, 5.41) is 4.30. The Morgan fingerprint density at radius 3 is 2.45 bits per heavy atom. The number of rotatable bonds is 6. The predicted molar refractivity (Wildman–Crippen MR) is 138 cm³/mol. The zero-order chi connectivity index (χ0) is 23.8. The fourth-order valence-electron chi connectivity index (χ4n) is 3.48. The number of nitrogens with one attached hydrogen (secondary N) is 1. The number of aryl methyl sites for hydroxylation is 1. The normalized spacial score (nSPS) is 11.5. The van der Waals surface area contributed by atoms with Crippen LogP contribution in [-0.4, -0.2) is 20.6 Å². The van der Waals surface area contributed by atoms with Crippen LogP contribution in [0.2, 0.25) is 5.02 Å². The molecule has 1 N–H and O–H groups in total. The molecule has 8 heteroatoms. The molecule has 0 saturated carbocycles. The quantitative estimate of drug-likeness (QED) is 0.335. The summed E-state index contributed by atoms with van der Waals surface area (Å²) in [6.07, 6.45) is 1.20. The van der Waals surface area contributed by atoms with Crippen LogP contribution in [0.3, 0.4) is 0 Å². The second-order valence-electron chi connectivity index (χ2n) is 7.95. The van der Waals surface area contributed by atoms with Crippen molar-refractivity contribution in [2.75, 3.05) is 15.9 Å². The third-order valence-electron chi connectivity index (χ3n) is 5.37. The van der Waals surface area contributed by atoms with Crippen LogP contribution in [0, 0.1) is 13.8 Å². The summed E-state index contributed by atoms with van der Waals surface area (Å²) in [7, 11) is -3.51. The van der Waals surface area contributed by atoms with Crippen LogP contribution in [0.15, 0.2) is 66.7 Å². The van der Waals surface area contributed by atoms with Crippen LogP contribution in [-0.2, 0) is 16.6 Å². The molecular formula is C25H23ClN2O3S2. The molecule has 1 amide bonds. The summed E-state index contributed by atoms with van der Waals surface area (Å²) in [4.78, 5) is 13.4. The Kier molecular flexibility index (Phi) is 6.47. The number of fused-ring (bicyclic) bond motifs is 1. The van der Waals surface area contributed by atoms with E-state index in [1.54, 1.807) is 30.3 Å². The SMILES string of the molecule is Cc1ccc(CN(c2ccc3sc(C(=O)Nc4cccc(Cl)c4C)cc3c2)S(C)(=O)=O)cc1. The highest BCUT2D eigenvalue weighted by Crippen LogP contribution is 2.32. The van der Waals surface area contributed by atoms with Crippen molar-refractivity contribution in [3.63, 3.8) is 0 Å². The summed E-state index contributed by atoms with van der Waals surface area (Å²) in [6.45, 7) is 4.07. The van der Waals surface area contributed by atoms with Crippen LogP contribution < -0.4 is 9.62 Å². The topological polar surface area (TPSA) is 66.5 Å². The van der Waals surface area contributed by atoms with Crippen molar-refractivity contribution in [1.82, 2.24) is 0 Å². The summed E-state index contributed by atoms with van der Waals surface area (Å²) in [5.41, 5.74) is 4.03. The Labute approximate surface area is 202 Å². The van der Waals surface area contributed by atoms with Crippen LogP contribution in [0.25, 0.3) is 10.1 Å². The smallest absolute Gasteiger partial charge is 0.265 e. The van der Waals surface area contributed by atoms with Gasteiger partial charge in [0.2, 0.25) is 10.0 Å². The third kappa shape index (κ3) is 5.21. The number of nitrogens with zero attached hydrogens (tertiary/aromatic N) is 1. The van der Waals surface area contributed by atoms with Gasteiger partial charge in [-0.3, -0.25) is 9.10 Å². The molecule has 5 nitrogen and oxygen atoms in total. The monoisotopic (exact) mass is 498 g/mol. The van der Waals surface area contributed by atoms with Gasteiger partial charge in [0.25, 0.3) is 5.91 Å². The minimum Gasteiger partial charge on any atom is -0.321 e. The molecule has 0 aliphatic rings. The lowest BCUT2D eigenvalue weighted by molar-refractivity contribution is 0.103. The van der Waals surface area contributed by atoms with Gasteiger partial charge in [0.15, 0.2) is 0 Å². The fourth-order valence-corrected chi connectivity index (χ4v) is 5.48. The summed E-state index contributed by atoms with van der Waals surface area (Å²) in [5.74, 6) is -0.234. The van der Waals surface area contributed by atoms with Crippen molar-refractivity contribution in [3.8, 4) is 0 Å². The van der Waals surface area contributed by atoms with Crippen molar-refractivity contribution in [3.05, 3.63) is 93.3 Å². The Morgan fingerprint density at radius 2 is 1.76 bits per heavy atom. The number of thiophene rings is 1. The van der Waals surface area contributed by atoms with Gasteiger partial charge in [-0.1, -0.05) is 47.5 Å². The zero-order valence-corrected chi connectivity index (χ0v) is 20.8. The first-order chi connectivity index (χ1) is 15.6. The van der Waals surface area contributed by atoms with E-state index in [1.165, 1.54) is 21.9 Å². The van der Waals surface area contributed by atoms with Crippen LogP contribution in [0.1, 0.15) is 26.4 Å². The van der Waals surface area contributed by atoms with E-state index in [0.717, 1.165) is 26.8 Å². The predicted octanol–water partition coefficient (Wildman–Crippen LogP) is 6.39. The second-order valence-corrected chi connectivity index (χ2v) is 11.4. The lowest BCUT2D eigenvalue weighted by Gasteiger charge is -2.22. The van der Waals surface area contributed by atoms with Crippen LogP contribution >= 0.6 is 22.9 Å². The molecule has 0 atom stereocenters. The third-order valence-corrected chi connectivity index (χ3v) is 8.04. The first kappa shape index (κ1) is 23.3. The van der Waals surface area contributed by atoms with Crippen molar-refractivity contribution >= 4 is 60.3 Å². The van der Waals surface area contributed by atoms with Gasteiger partial charge in [-0.25, -0.2) is 8.42 Å². The van der Waals surface area contributed by atoms with Gasteiger partial charge in [-0.15, -0.1) is 11.3 Å². The number of benzene rings is 3. The summed E-state index contributed by atoms with van der Waals surface area (Å²) >= 11 is 7.51. The van der Waals surface area contributed by atoms with E-state index in [-0.39, 0.29) is 12.5 Å². The largest absolute Gasteiger partial charge is 0.321 e. The average molecular weight is 499 g/mol. The van der Waals surface area contributed by atoms with E-state index in [0.29, 0.717) is 21.3 Å². The molecule has 0 saturated heterocycles. The standard InChI is InChI=1S/C25H23ClN2O3S2/c1-16-7-9-18(10-8-16)15-28(33(3,30)31)20-11-12-23-19(13-20)14-24(32-23)25(29)27-22-6-4-5-21(26)17(22)2/h4-14H,15H2,1-3H3,(H,27,29). The van der Waals surface area contributed by atoms with Gasteiger partial charge >= 0.3 is 0 Å². The van der Waals surface area contributed by atoms with E-state index >= 15 is 0 Å². The Morgan fingerprint density at radius 1 is 1.03 bits per heavy atom. The van der Waals surface area contributed by atoms with Gasteiger partial charge < -0.3 is 5.32 Å². The van der Waals surface area contributed by atoms with E-state index < -0.39 is 10.0 Å². The minimum atomic E-state index is -3.51. The molecule has 0 aliphatic carbocycles.